The van der Waals surface area contributed by atoms with Gasteiger partial charge in [-0.3, -0.25) is 4.55 Å². The molecule has 0 saturated heterocycles. The number of nitrogens with zero attached hydrogens (tertiary/aromatic N) is 1. The van der Waals surface area contributed by atoms with Crippen molar-refractivity contribution in [2.75, 3.05) is 12.4 Å². The number of aromatic nitrogens is 2. The average molecular weight is 361 g/mol. The van der Waals surface area contributed by atoms with Crippen LogP contribution >= 0.6 is 0 Å². The van der Waals surface area contributed by atoms with Crippen molar-refractivity contribution < 1.29 is 18.1 Å². The molecule has 0 bridgehead atoms. The zero-order valence-corrected chi connectivity index (χ0v) is 15.4. The number of aliphatic hydroxyl groups is 1. The second-order valence-corrected chi connectivity index (χ2v) is 7.97. The third kappa shape index (κ3) is 11.6. The van der Waals surface area contributed by atoms with Gasteiger partial charge in [-0.15, -0.1) is 0 Å². The highest BCUT2D eigenvalue weighted by atomic mass is 32.2. The molecule has 0 aromatic carbocycles. The minimum atomic E-state index is -3.87. The number of H-pyrrole nitrogens is 1. The average Bonchev–Trinajstić information content (AvgIpc) is 2.96. The number of aromatic amines is 1. The first kappa shape index (κ1) is 21.1. The number of aryl methyl sites for hydroxylation is 2. The predicted molar refractivity (Wildman–Crippen MR) is 95.7 cm³/mol. The molecule has 0 saturated carbocycles. The molecule has 0 amide bonds. The summed E-state index contributed by atoms with van der Waals surface area (Å²) in [6.45, 7) is 0.315. The molecule has 0 aliphatic rings. The van der Waals surface area contributed by atoms with Gasteiger partial charge in [0.1, 0.15) is 5.82 Å². The van der Waals surface area contributed by atoms with E-state index in [1.807, 2.05) is 6.20 Å². The molecule has 7 heteroatoms. The van der Waals surface area contributed by atoms with Gasteiger partial charge in [0.15, 0.2) is 0 Å². The summed E-state index contributed by atoms with van der Waals surface area (Å²) < 4.78 is 30.0. The van der Waals surface area contributed by atoms with Crippen LogP contribution < -0.4 is 0 Å². The maximum absolute atomic E-state index is 10.7. The van der Waals surface area contributed by atoms with Gasteiger partial charge in [-0.1, -0.05) is 44.9 Å². The molecule has 1 aromatic heterocycles. The van der Waals surface area contributed by atoms with Crippen LogP contribution in [0, 0.1) is 0 Å². The quantitative estimate of drug-likeness (QED) is 0.329. The van der Waals surface area contributed by atoms with Gasteiger partial charge >= 0.3 is 0 Å². The van der Waals surface area contributed by atoms with Gasteiger partial charge in [-0.2, -0.15) is 8.42 Å². The highest BCUT2D eigenvalue weighted by Crippen LogP contribution is 2.11. The van der Waals surface area contributed by atoms with E-state index < -0.39 is 10.1 Å². The van der Waals surface area contributed by atoms with Crippen molar-refractivity contribution >= 4 is 10.1 Å². The van der Waals surface area contributed by atoms with Crippen molar-refractivity contribution in [3.63, 3.8) is 0 Å². The van der Waals surface area contributed by atoms with Gasteiger partial charge in [0.2, 0.25) is 0 Å². The third-order valence-electron chi connectivity index (χ3n) is 4.10. The zero-order chi connectivity index (χ0) is 17.7. The van der Waals surface area contributed by atoms with Gasteiger partial charge in [0.25, 0.3) is 10.1 Å². The lowest BCUT2D eigenvalue weighted by Gasteiger charge is -2.02. The number of hydrogen-bond donors (Lipinski definition) is 3. The largest absolute Gasteiger partial charge is 0.396 e. The molecule has 0 radical (unpaired) electrons. The van der Waals surface area contributed by atoms with Crippen LogP contribution in [0.4, 0.5) is 0 Å². The maximum atomic E-state index is 10.7. The van der Waals surface area contributed by atoms with E-state index in [-0.39, 0.29) is 5.75 Å². The normalized spacial score (nSPS) is 11.9. The molecular formula is C17H32N2O4S. The molecule has 1 heterocycles. The van der Waals surface area contributed by atoms with Gasteiger partial charge in [0.05, 0.1) is 5.75 Å². The molecule has 0 aliphatic carbocycles. The van der Waals surface area contributed by atoms with Gasteiger partial charge < -0.3 is 10.1 Å². The summed E-state index contributed by atoms with van der Waals surface area (Å²) in [5.41, 5.74) is 1.10. The monoisotopic (exact) mass is 360 g/mol. The number of imidazole rings is 1. The number of hydrogen-bond acceptors (Lipinski definition) is 4. The third-order valence-corrected chi connectivity index (χ3v) is 4.91. The minimum Gasteiger partial charge on any atom is -0.396 e. The Morgan fingerprint density at radius 2 is 1.46 bits per heavy atom. The topological polar surface area (TPSA) is 103 Å². The molecule has 24 heavy (non-hydrogen) atoms. The molecule has 1 aromatic rings. The maximum Gasteiger partial charge on any atom is 0.264 e. The number of rotatable bonds is 15. The Morgan fingerprint density at radius 1 is 0.875 bits per heavy atom. The highest BCUT2D eigenvalue weighted by molar-refractivity contribution is 7.85. The Hall–Kier alpha value is -0.920. The van der Waals surface area contributed by atoms with E-state index in [1.165, 1.54) is 38.5 Å². The Kier molecular flexibility index (Phi) is 11.0. The van der Waals surface area contributed by atoms with Crippen LogP contribution in [0.5, 0.6) is 0 Å². The molecule has 0 unspecified atom stereocenters. The molecule has 3 N–H and O–H groups in total. The smallest absolute Gasteiger partial charge is 0.264 e. The lowest BCUT2D eigenvalue weighted by Crippen LogP contribution is -2.05. The van der Waals surface area contributed by atoms with Crippen molar-refractivity contribution in [3.05, 3.63) is 17.7 Å². The predicted octanol–water partition coefficient (Wildman–Crippen LogP) is 3.28. The molecule has 0 fully saturated rings. The summed E-state index contributed by atoms with van der Waals surface area (Å²) in [5.74, 6) is 0.569. The van der Waals surface area contributed by atoms with E-state index in [0.717, 1.165) is 37.2 Å². The molecule has 0 atom stereocenters. The molecule has 1 rings (SSSR count). The summed E-state index contributed by atoms with van der Waals surface area (Å²) in [6, 6.07) is 0. The lowest BCUT2D eigenvalue weighted by atomic mass is 10.1. The summed E-state index contributed by atoms with van der Waals surface area (Å²) in [5, 5.41) is 8.70. The molecular weight excluding hydrogens is 328 g/mol. The summed E-state index contributed by atoms with van der Waals surface area (Å²) >= 11 is 0. The first-order chi connectivity index (χ1) is 11.5. The van der Waals surface area contributed by atoms with Gasteiger partial charge in [-0.25, -0.2) is 4.98 Å². The Labute approximate surface area is 145 Å². The second-order valence-electron chi connectivity index (χ2n) is 6.40. The Bertz CT molecular complexity index is 528. The second kappa shape index (κ2) is 12.4. The van der Waals surface area contributed by atoms with Crippen LogP contribution in [0.2, 0.25) is 0 Å². The summed E-state index contributed by atoms with van der Waals surface area (Å²) in [7, 11) is -3.87. The Morgan fingerprint density at radius 3 is 2.04 bits per heavy atom. The zero-order valence-electron chi connectivity index (χ0n) is 14.5. The number of nitrogens with one attached hydrogen (secondary N) is 1. The minimum absolute atomic E-state index is 0.219. The van der Waals surface area contributed by atoms with Crippen LogP contribution in [0.3, 0.4) is 0 Å². The fourth-order valence-electron chi connectivity index (χ4n) is 2.75. The number of aliphatic hydroxyl groups excluding tert-OH is 1. The molecule has 0 spiro atoms. The van der Waals surface area contributed by atoms with Crippen LogP contribution in [-0.4, -0.2) is 40.4 Å². The Balaban J connectivity index is 2.00. The van der Waals surface area contributed by atoms with E-state index in [2.05, 4.69) is 9.97 Å². The highest BCUT2D eigenvalue weighted by Gasteiger charge is 2.06. The van der Waals surface area contributed by atoms with Crippen molar-refractivity contribution in [2.24, 2.45) is 0 Å². The van der Waals surface area contributed by atoms with Crippen LogP contribution in [0.25, 0.3) is 0 Å². The number of unbranched alkanes of at least 4 members (excludes halogenated alkanes) is 8. The van der Waals surface area contributed by atoms with E-state index in [9.17, 15) is 8.42 Å². The molecule has 140 valence electrons. The fraction of sp³-hybridized carbons (Fsp3) is 0.824. The fourth-order valence-corrected chi connectivity index (χ4v) is 3.26. The van der Waals surface area contributed by atoms with E-state index >= 15 is 0 Å². The first-order valence-corrected chi connectivity index (χ1v) is 10.7. The van der Waals surface area contributed by atoms with Crippen LogP contribution in [0.1, 0.15) is 75.7 Å². The van der Waals surface area contributed by atoms with E-state index in [0.29, 0.717) is 19.4 Å². The van der Waals surface area contributed by atoms with Crippen molar-refractivity contribution in [1.29, 1.82) is 0 Å². The SMILES string of the molecule is O=S(=O)(O)CCCc1ncc(CCCCCCCCCCCO)[nH]1. The summed E-state index contributed by atoms with van der Waals surface area (Å²) in [6.07, 6.45) is 14.5. The van der Waals surface area contributed by atoms with Crippen molar-refractivity contribution in [3.8, 4) is 0 Å². The van der Waals surface area contributed by atoms with Crippen LogP contribution in [-0.2, 0) is 23.0 Å². The van der Waals surface area contributed by atoms with E-state index in [4.69, 9.17) is 9.66 Å². The first-order valence-electron chi connectivity index (χ1n) is 9.10. The van der Waals surface area contributed by atoms with Crippen LogP contribution in [0.15, 0.2) is 6.20 Å². The van der Waals surface area contributed by atoms with E-state index in [1.54, 1.807) is 0 Å². The summed E-state index contributed by atoms with van der Waals surface area (Å²) in [4.78, 5) is 7.47. The molecule has 6 nitrogen and oxygen atoms in total. The molecule has 0 aliphatic heterocycles. The van der Waals surface area contributed by atoms with Gasteiger partial charge in [-0.05, 0) is 25.7 Å². The van der Waals surface area contributed by atoms with Crippen molar-refractivity contribution in [2.45, 2.75) is 77.0 Å². The van der Waals surface area contributed by atoms with Crippen molar-refractivity contribution in [1.82, 2.24) is 9.97 Å². The standard InChI is InChI=1S/C17H32N2O4S/c20-13-9-7-5-3-1-2-4-6-8-11-16-15-18-17(19-16)12-10-14-24(21,22)23/h15,20H,1-14H2,(H,18,19)(H,21,22,23). The van der Waals surface area contributed by atoms with Gasteiger partial charge in [0, 0.05) is 24.9 Å². The lowest BCUT2D eigenvalue weighted by molar-refractivity contribution is 0.282.